The second kappa shape index (κ2) is 7.15. The van der Waals surface area contributed by atoms with Gasteiger partial charge in [0.05, 0.1) is 25.6 Å². The maximum absolute atomic E-state index is 12.4. The summed E-state index contributed by atoms with van der Waals surface area (Å²) in [5.41, 5.74) is 5.13. The fourth-order valence-corrected chi connectivity index (χ4v) is 3.23. The van der Waals surface area contributed by atoms with Gasteiger partial charge in [0.1, 0.15) is 5.75 Å². The van der Waals surface area contributed by atoms with Crippen molar-refractivity contribution in [3.05, 3.63) is 72.1 Å². The van der Waals surface area contributed by atoms with Gasteiger partial charge in [-0.3, -0.25) is 0 Å². The highest BCUT2D eigenvalue weighted by Gasteiger charge is 2.21. The molecular formula is C22H19N3O3. The summed E-state index contributed by atoms with van der Waals surface area (Å²) in [7, 11) is 2.98. The zero-order chi connectivity index (χ0) is 19.7. The number of rotatable bonds is 4. The molecule has 6 nitrogen and oxygen atoms in total. The summed E-state index contributed by atoms with van der Waals surface area (Å²) >= 11 is 0. The molecule has 0 aliphatic rings. The van der Waals surface area contributed by atoms with Crippen LogP contribution in [-0.2, 0) is 4.74 Å². The second-order valence-electron chi connectivity index (χ2n) is 6.31. The molecule has 0 unspecified atom stereocenters. The van der Waals surface area contributed by atoms with E-state index in [1.54, 1.807) is 17.7 Å². The normalized spacial score (nSPS) is 10.8. The first-order valence-corrected chi connectivity index (χ1v) is 8.81. The molecule has 0 N–H and O–H groups in total. The molecule has 0 spiro atoms. The lowest BCUT2D eigenvalue weighted by Crippen LogP contribution is -2.10. The number of hydrogen-bond acceptors (Lipinski definition) is 5. The van der Waals surface area contributed by atoms with Crippen LogP contribution in [0.1, 0.15) is 16.2 Å². The first kappa shape index (κ1) is 17.7. The van der Waals surface area contributed by atoms with Crippen LogP contribution >= 0.6 is 0 Å². The monoisotopic (exact) mass is 373 g/mol. The average Bonchev–Trinajstić information content (AvgIpc) is 3.08. The summed E-state index contributed by atoms with van der Waals surface area (Å²) in [4.78, 5) is 17.3. The van der Waals surface area contributed by atoms with Crippen LogP contribution in [-0.4, -0.2) is 34.8 Å². The molecular weight excluding hydrogens is 354 g/mol. The number of hydrogen-bond donors (Lipinski definition) is 0. The molecule has 0 saturated heterocycles. The van der Waals surface area contributed by atoms with E-state index in [1.165, 1.54) is 7.11 Å². The minimum absolute atomic E-state index is 0.323. The highest BCUT2D eigenvalue weighted by Crippen LogP contribution is 2.30. The Morgan fingerprint density at radius 1 is 0.964 bits per heavy atom. The van der Waals surface area contributed by atoms with Crippen molar-refractivity contribution in [1.82, 2.24) is 14.6 Å². The predicted octanol–water partition coefficient (Wildman–Crippen LogP) is 4.17. The van der Waals surface area contributed by atoms with Gasteiger partial charge in [-0.05, 0) is 42.8 Å². The van der Waals surface area contributed by atoms with Crippen molar-refractivity contribution >= 4 is 11.6 Å². The Morgan fingerprint density at radius 3 is 2.32 bits per heavy atom. The van der Waals surface area contributed by atoms with Gasteiger partial charge in [-0.25, -0.2) is 14.3 Å². The standard InChI is InChI=1S/C22H19N3O3/c1-14-20(16-7-5-4-6-8-16)21-23-18(15-9-11-17(27-2)12-10-15)13-19(22(26)28-3)25(21)24-14/h4-13H,1-3H3. The molecule has 0 aliphatic heterocycles. The van der Waals surface area contributed by atoms with Crippen LogP contribution in [0.2, 0.25) is 0 Å². The topological polar surface area (TPSA) is 65.7 Å². The lowest BCUT2D eigenvalue weighted by atomic mass is 10.1. The van der Waals surface area contributed by atoms with E-state index >= 15 is 0 Å². The molecule has 0 aliphatic carbocycles. The number of methoxy groups -OCH3 is 2. The summed E-state index contributed by atoms with van der Waals surface area (Å²) in [5, 5.41) is 4.55. The molecule has 4 aromatic rings. The molecule has 2 aromatic heterocycles. The molecule has 0 fully saturated rings. The lowest BCUT2D eigenvalue weighted by molar-refractivity contribution is 0.0590. The number of carbonyl (C=O) groups is 1. The van der Waals surface area contributed by atoms with Crippen molar-refractivity contribution in [3.63, 3.8) is 0 Å². The maximum atomic E-state index is 12.4. The summed E-state index contributed by atoms with van der Waals surface area (Å²) in [6.45, 7) is 1.91. The van der Waals surface area contributed by atoms with Gasteiger partial charge in [0.15, 0.2) is 11.3 Å². The summed E-state index contributed by atoms with van der Waals surface area (Å²) < 4.78 is 11.8. The van der Waals surface area contributed by atoms with Gasteiger partial charge >= 0.3 is 5.97 Å². The number of aryl methyl sites for hydroxylation is 1. The quantitative estimate of drug-likeness (QED) is 0.503. The fourth-order valence-electron chi connectivity index (χ4n) is 3.23. The van der Waals surface area contributed by atoms with Crippen molar-refractivity contribution in [1.29, 1.82) is 0 Å². The first-order chi connectivity index (χ1) is 13.6. The molecule has 2 heterocycles. The zero-order valence-electron chi connectivity index (χ0n) is 15.8. The molecule has 0 atom stereocenters. The van der Waals surface area contributed by atoms with E-state index in [-0.39, 0.29) is 0 Å². The average molecular weight is 373 g/mol. The molecule has 4 rings (SSSR count). The zero-order valence-corrected chi connectivity index (χ0v) is 15.8. The van der Waals surface area contributed by atoms with E-state index < -0.39 is 5.97 Å². The Balaban J connectivity index is 2.00. The molecule has 0 radical (unpaired) electrons. The van der Waals surface area contributed by atoms with Crippen molar-refractivity contribution in [2.24, 2.45) is 0 Å². The third kappa shape index (κ3) is 2.99. The van der Waals surface area contributed by atoms with E-state index in [0.29, 0.717) is 17.0 Å². The number of ether oxygens (including phenoxy) is 2. The molecule has 28 heavy (non-hydrogen) atoms. The Morgan fingerprint density at radius 2 is 1.68 bits per heavy atom. The third-order valence-corrected chi connectivity index (χ3v) is 4.61. The number of esters is 1. The Labute approximate surface area is 162 Å². The van der Waals surface area contributed by atoms with Crippen LogP contribution in [0.15, 0.2) is 60.7 Å². The van der Waals surface area contributed by atoms with Gasteiger partial charge in [-0.15, -0.1) is 0 Å². The Kier molecular flexibility index (Phi) is 4.53. The number of fused-ring (bicyclic) bond motifs is 1. The minimum Gasteiger partial charge on any atom is -0.497 e. The fraction of sp³-hybridized carbons (Fsp3) is 0.136. The Bertz CT molecular complexity index is 1150. The van der Waals surface area contributed by atoms with Crippen molar-refractivity contribution in [2.75, 3.05) is 14.2 Å². The summed E-state index contributed by atoms with van der Waals surface area (Å²) in [5.74, 6) is 0.285. The number of aromatic nitrogens is 3. The SMILES string of the molecule is COC(=O)c1cc(-c2ccc(OC)cc2)nc2c(-c3ccccc3)c(C)nn12. The highest BCUT2D eigenvalue weighted by atomic mass is 16.5. The molecule has 2 aromatic carbocycles. The number of carbonyl (C=O) groups excluding carboxylic acids is 1. The van der Waals surface area contributed by atoms with Crippen molar-refractivity contribution in [3.8, 4) is 28.1 Å². The van der Waals surface area contributed by atoms with Crippen LogP contribution in [0.25, 0.3) is 28.0 Å². The Hall–Kier alpha value is -3.67. The van der Waals surface area contributed by atoms with E-state index in [0.717, 1.165) is 28.1 Å². The second-order valence-corrected chi connectivity index (χ2v) is 6.31. The molecule has 140 valence electrons. The molecule has 6 heteroatoms. The van der Waals surface area contributed by atoms with Gasteiger partial charge in [0.25, 0.3) is 0 Å². The maximum Gasteiger partial charge on any atom is 0.356 e. The van der Waals surface area contributed by atoms with Crippen LogP contribution in [0.3, 0.4) is 0 Å². The molecule has 0 saturated carbocycles. The van der Waals surface area contributed by atoms with E-state index in [4.69, 9.17) is 14.5 Å². The third-order valence-electron chi connectivity index (χ3n) is 4.61. The largest absolute Gasteiger partial charge is 0.497 e. The van der Waals surface area contributed by atoms with Crippen molar-refractivity contribution < 1.29 is 14.3 Å². The van der Waals surface area contributed by atoms with Crippen LogP contribution in [0.5, 0.6) is 5.75 Å². The minimum atomic E-state index is -0.468. The van der Waals surface area contributed by atoms with Crippen LogP contribution in [0, 0.1) is 6.92 Å². The van der Waals surface area contributed by atoms with Crippen LogP contribution in [0.4, 0.5) is 0 Å². The summed E-state index contributed by atoms with van der Waals surface area (Å²) in [6, 6.07) is 19.1. The van der Waals surface area contributed by atoms with Gasteiger partial charge in [-0.2, -0.15) is 5.10 Å². The number of nitrogens with zero attached hydrogens (tertiary/aromatic N) is 3. The van der Waals surface area contributed by atoms with Crippen molar-refractivity contribution in [2.45, 2.75) is 6.92 Å². The van der Waals surface area contributed by atoms with Gasteiger partial charge in [0.2, 0.25) is 0 Å². The molecule has 0 bridgehead atoms. The van der Waals surface area contributed by atoms with E-state index in [2.05, 4.69) is 5.10 Å². The molecule has 0 amide bonds. The van der Waals surface area contributed by atoms with E-state index in [9.17, 15) is 4.79 Å². The van der Waals surface area contributed by atoms with Gasteiger partial charge < -0.3 is 9.47 Å². The van der Waals surface area contributed by atoms with Gasteiger partial charge in [-0.1, -0.05) is 30.3 Å². The lowest BCUT2D eigenvalue weighted by Gasteiger charge is -2.08. The predicted molar refractivity (Wildman–Crippen MR) is 106 cm³/mol. The smallest absolute Gasteiger partial charge is 0.356 e. The first-order valence-electron chi connectivity index (χ1n) is 8.81. The van der Waals surface area contributed by atoms with Crippen LogP contribution < -0.4 is 4.74 Å². The summed E-state index contributed by atoms with van der Waals surface area (Å²) in [6.07, 6.45) is 0. The number of benzene rings is 2. The van der Waals surface area contributed by atoms with Gasteiger partial charge in [0, 0.05) is 11.1 Å². The highest BCUT2D eigenvalue weighted by molar-refractivity contribution is 5.91. The van der Waals surface area contributed by atoms with E-state index in [1.807, 2.05) is 61.5 Å².